The number of hydrogen-bond donors (Lipinski definition) is 0. The molecule has 0 saturated carbocycles. The highest BCUT2D eigenvalue weighted by Crippen LogP contribution is 2.31. The Morgan fingerprint density at radius 1 is 1.43 bits per heavy atom. The number of rotatable bonds is 3. The standard InChI is InChI=1S/C14H15F3N4O2/c1-10-8-19(4-5-20(10)9-14(15,16)17)12-3-2-11(7-18)6-13(12)21(22)23/h2-3,6,10H,4-5,8-9H2,1H3. The van der Waals surface area contributed by atoms with Crippen molar-refractivity contribution in [1.82, 2.24) is 4.90 Å². The molecule has 0 aliphatic carbocycles. The number of halogens is 3. The van der Waals surface area contributed by atoms with Gasteiger partial charge in [-0.25, -0.2) is 0 Å². The number of nitro groups is 1. The van der Waals surface area contributed by atoms with Gasteiger partial charge in [-0.3, -0.25) is 15.0 Å². The Hall–Kier alpha value is -2.34. The van der Waals surface area contributed by atoms with E-state index in [-0.39, 0.29) is 36.9 Å². The Balaban J connectivity index is 2.19. The van der Waals surface area contributed by atoms with Crippen molar-refractivity contribution in [2.24, 2.45) is 0 Å². The van der Waals surface area contributed by atoms with Crippen LogP contribution in [0.4, 0.5) is 24.5 Å². The van der Waals surface area contributed by atoms with Gasteiger partial charge in [-0.1, -0.05) is 0 Å². The molecule has 1 unspecified atom stereocenters. The number of nitro benzene ring substituents is 1. The number of nitrogens with zero attached hydrogens (tertiary/aromatic N) is 4. The first-order valence-electron chi connectivity index (χ1n) is 6.95. The van der Waals surface area contributed by atoms with E-state index in [1.54, 1.807) is 11.8 Å². The average Bonchev–Trinajstić information content (AvgIpc) is 2.47. The largest absolute Gasteiger partial charge is 0.401 e. The second-order valence-electron chi connectivity index (χ2n) is 5.45. The summed E-state index contributed by atoms with van der Waals surface area (Å²) in [4.78, 5) is 13.6. The zero-order chi connectivity index (χ0) is 17.2. The summed E-state index contributed by atoms with van der Waals surface area (Å²) in [5.41, 5.74) is 0.289. The van der Waals surface area contributed by atoms with Crippen LogP contribution in [0, 0.1) is 21.4 Å². The van der Waals surface area contributed by atoms with E-state index in [1.165, 1.54) is 23.1 Å². The minimum absolute atomic E-state index is 0.165. The second kappa shape index (κ2) is 6.42. The van der Waals surface area contributed by atoms with Gasteiger partial charge in [0.05, 0.1) is 23.1 Å². The highest BCUT2D eigenvalue weighted by Gasteiger charge is 2.36. The molecule has 0 amide bonds. The lowest BCUT2D eigenvalue weighted by atomic mass is 10.1. The predicted molar refractivity (Wildman–Crippen MR) is 77.1 cm³/mol. The smallest absolute Gasteiger partial charge is 0.363 e. The fraction of sp³-hybridized carbons (Fsp3) is 0.500. The van der Waals surface area contributed by atoms with Gasteiger partial charge >= 0.3 is 6.18 Å². The lowest BCUT2D eigenvalue weighted by molar-refractivity contribution is -0.384. The van der Waals surface area contributed by atoms with Crippen LogP contribution in [0.1, 0.15) is 12.5 Å². The van der Waals surface area contributed by atoms with Crippen LogP contribution in [0.5, 0.6) is 0 Å². The van der Waals surface area contributed by atoms with E-state index in [9.17, 15) is 23.3 Å². The van der Waals surface area contributed by atoms with Gasteiger partial charge in [0.15, 0.2) is 0 Å². The number of piperazine rings is 1. The molecule has 1 aromatic carbocycles. The molecule has 9 heteroatoms. The van der Waals surface area contributed by atoms with Crippen molar-refractivity contribution in [1.29, 1.82) is 5.26 Å². The number of nitriles is 1. The Kier molecular flexibility index (Phi) is 4.75. The molecule has 0 spiro atoms. The molecule has 1 atom stereocenters. The van der Waals surface area contributed by atoms with Crippen LogP contribution < -0.4 is 4.90 Å². The fourth-order valence-electron chi connectivity index (χ4n) is 2.69. The highest BCUT2D eigenvalue weighted by molar-refractivity contribution is 5.66. The highest BCUT2D eigenvalue weighted by atomic mass is 19.4. The minimum atomic E-state index is -4.27. The summed E-state index contributed by atoms with van der Waals surface area (Å²) in [7, 11) is 0. The number of hydrogen-bond acceptors (Lipinski definition) is 5. The summed E-state index contributed by atoms with van der Waals surface area (Å²) < 4.78 is 37.5. The van der Waals surface area contributed by atoms with Crippen molar-refractivity contribution in [3.63, 3.8) is 0 Å². The average molecular weight is 328 g/mol. The molecular formula is C14H15F3N4O2. The van der Waals surface area contributed by atoms with Gasteiger partial charge in [0, 0.05) is 31.7 Å². The van der Waals surface area contributed by atoms with Crippen LogP contribution in [-0.2, 0) is 0 Å². The topological polar surface area (TPSA) is 73.4 Å². The van der Waals surface area contributed by atoms with Gasteiger partial charge < -0.3 is 4.90 Å². The van der Waals surface area contributed by atoms with Gasteiger partial charge in [0.25, 0.3) is 5.69 Å². The Labute approximate surface area is 130 Å². The quantitative estimate of drug-likeness (QED) is 0.630. The third-order valence-electron chi connectivity index (χ3n) is 3.79. The van der Waals surface area contributed by atoms with E-state index < -0.39 is 17.6 Å². The third kappa shape index (κ3) is 4.10. The molecule has 1 aliphatic heterocycles. The summed E-state index contributed by atoms with van der Waals surface area (Å²) in [5.74, 6) is 0. The van der Waals surface area contributed by atoms with Crippen molar-refractivity contribution in [2.45, 2.75) is 19.1 Å². The molecule has 1 aromatic rings. The fourth-order valence-corrected chi connectivity index (χ4v) is 2.69. The predicted octanol–water partition coefficient (Wildman–Crippen LogP) is 2.54. The summed E-state index contributed by atoms with van der Waals surface area (Å²) in [6.45, 7) is 1.35. The molecule has 0 aromatic heterocycles. The van der Waals surface area contributed by atoms with Crippen molar-refractivity contribution in [3.8, 4) is 6.07 Å². The molecule has 1 fully saturated rings. The lowest BCUT2D eigenvalue weighted by Crippen LogP contribution is -2.54. The van der Waals surface area contributed by atoms with Crippen molar-refractivity contribution < 1.29 is 18.1 Å². The van der Waals surface area contributed by atoms with Crippen LogP contribution in [-0.4, -0.2) is 48.2 Å². The van der Waals surface area contributed by atoms with E-state index in [0.717, 1.165) is 0 Å². The van der Waals surface area contributed by atoms with Crippen LogP contribution in [0.25, 0.3) is 0 Å². The molecule has 0 radical (unpaired) electrons. The zero-order valence-corrected chi connectivity index (χ0v) is 12.4. The minimum Gasteiger partial charge on any atom is -0.363 e. The first-order valence-corrected chi connectivity index (χ1v) is 6.95. The van der Waals surface area contributed by atoms with Crippen molar-refractivity contribution >= 4 is 11.4 Å². The first-order chi connectivity index (χ1) is 10.7. The van der Waals surface area contributed by atoms with Crippen LogP contribution in [0.15, 0.2) is 18.2 Å². The maximum Gasteiger partial charge on any atom is 0.401 e. The third-order valence-corrected chi connectivity index (χ3v) is 3.79. The SMILES string of the molecule is CC1CN(c2ccc(C#N)cc2[N+](=O)[O-])CCN1CC(F)(F)F. The Bertz CT molecular complexity index is 642. The molecule has 1 saturated heterocycles. The molecule has 124 valence electrons. The summed E-state index contributed by atoms with van der Waals surface area (Å²) >= 11 is 0. The number of anilines is 1. The second-order valence-corrected chi connectivity index (χ2v) is 5.45. The Morgan fingerprint density at radius 2 is 2.13 bits per heavy atom. The van der Waals surface area contributed by atoms with E-state index in [0.29, 0.717) is 5.69 Å². The van der Waals surface area contributed by atoms with E-state index in [2.05, 4.69) is 0 Å². The summed E-state index contributed by atoms with van der Waals surface area (Å²) in [5, 5.41) is 20.0. The maximum atomic E-state index is 12.5. The lowest BCUT2D eigenvalue weighted by Gasteiger charge is -2.40. The normalized spacial score (nSPS) is 19.4. The van der Waals surface area contributed by atoms with Gasteiger partial charge in [-0.05, 0) is 19.1 Å². The Morgan fingerprint density at radius 3 is 2.65 bits per heavy atom. The summed E-state index contributed by atoms with van der Waals surface area (Å²) in [6, 6.07) is 5.57. The van der Waals surface area contributed by atoms with Crippen LogP contribution in [0.2, 0.25) is 0 Å². The van der Waals surface area contributed by atoms with E-state index in [4.69, 9.17) is 5.26 Å². The zero-order valence-electron chi connectivity index (χ0n) is 12.4. The van der Waals surface area contributed by atoms with Crippen LogP contribution >= 0.6 is 0 Å². The van der Waals surface area contributed by atoms with Crippen molar-refractivity contribution in [3.05, 3.63) is 33.9 Å². The molecule has 0 N–H and O–H groups in total. The first kappa shape index (κ1) is 17.0. The molecule has 6 nitrogen and oxygen atoms in total. The molecule has 23 heavy (non-hydrogen) atoms. The van der Waals surface area contributed by atoms with Gasteiger partial charge in [-0.2, -0.15) is 18.4 Å². The maximum absolute atomic E-state index is 12.5. The van der Waals surface area contributed by atoms with Crippen LogP contribution in [0.3, 0.4) is 0 Å². The molecule has 0 bridgehead atoms. The summed E-state index contributed by atoms with van der Waals surface area (Å²) in [6.07, 6.45) is -4.27. The number of alkyl halides is 3. The number of benzene rings is 1. The van der Waals surface area contributed by atoms with E-state index in [1.807, 2.05) is 6.07 Å². The molecular weight excluding hydrogens is 313 g/mol. The van der Waals surface area contributed by atoms with Gasteiger partial charge in [0.2, 0.25) is 0 Å². The van der Waals surface area contributed by atoms with Gasteiger partial charge in [-0.15, -0.1) is 0 Å². The molecule has 1 heterocycles. The monoisotopic (exact) mass is 328 g/mol. The van der Waals surface area contributed by atoms with Gasteiger partial charge in [0.1, 0.15) is 5.69 Å². The molecule has 2 rings (SSSR count). The van der Waals surface area contributed by atoms with Crippen molar-refractivity contribution in [2.75, 3.05) is 31.1 Å². The van der Waals surface area contributed by atoms with E-state index >= 15 is 0 Å². The molecule has 1 aliphatic rings.